The number of nitrogens with one attached hydrogen (secondary N) is 1. The first-order valence-electron chi connectivity index (χ1n) is 13.4. The standard InChI is InChI=1S/C28H30FN7O2/c1-17-10-23(29)22(28(37)31-20-3-4-20)11-25(17)36-14-24(32-33-36)26-12-30-27-5-2-19(13-35(26)27)18-6-8-34(9-7-18)21-15-38-16-21/h2,5,10-14,18,20-21H,3-4,6-9,15-16H2,1H3,(H,31,37). The first kappa shape index (κ1) is 23.5. The maximum Gasteiger partial charge on any atom is 0.254 e. The Hall–Kier alpha value is -3.63. The molecular weight excluding hydrogens is 485 g/mol. The zero-order valence-electron chi connectivity index (χ0n) is 21.3. The van der Waals surface area contributed by atoms with Crippen LogP contribution in [0.25, 0.3) is 22.7 Å². The minimum absolute atomic E-state index is 0.0184. The summed E-state index contributed by atoms with van der Waals surface area (Å²) in [6.07, 6.45) is 9.92. The molecule has 196 valence electrons. The van der Waals surface area contributed by atoms with Crippen LogP contribution in [0.5, 0.6) is 0 Å². The molecule has 9 nitrogen and oxygen atoms in total. The summed E-state index contributed by atoms with van der Waals surface area (Å²) in [5, 5.41) is 11.6. The molecule has 1 aliphatic carbocycles. The van der Waals surface area contributed by atoms with Crippen molar-refractivity contribution in [2.45, 2.75) is 50.6 Å². The van der Waals surface area contributed by atoms with Crippen LogP contribution < -0.4 is 5.32 Å². The number of fused-ring (bicyclic) bond motifs is 1. The monoisotopic (exact) mass is 515 g/mol. The van der Waals surface area contributed by atoms with E-state index in [2.05, 4.69) is 48.2 Å². The highest BCUT2D eigenvalue weighted by Gasteiger charge is 2.30. The summed E-state index contributed by atoms with van der Waals surface area (Å²) in [5.74, 6) is -0.427. The summed E-state index contributed by atoms with van der Waals surface area (Å²) in [5.41, 5.74) is 4.94. The molecule has 3 fully saturated rings. The highest BCUT2D eigenvalue weighted by atomic mass is 19.1. The summed E-state index contributed by atoms with van der Waals surface area (Å²) in [7, 11) is 0. The van der Waals surface area contributed by atoms with Gasteiger partial charge in [-0.25, -0.2) is 14.1 Å². The zero-order valence-corrected chi connectivity index (χ0v) is 21.3. The van der Waals surface area contributed by atoms with E-state index in [9.17, 15) is 9.18 Å². The van der Waals surface area contributed by atoms with Crippen molar-refractivity contribution in [2.75, 3.05) is 26.3 Å². The Morgan fingerprint density at radius 1 is 1.11 bits per heavy atom. The summed E-state index contributed by atoms with van der Waals surface area (Å²) in [6.45, 7) is 5.72. The lowest BCUT2D eigenvalue weighted by Crippen LogP contribution is -2.51. The fraction of sp³-hybridized carbons (Fsp3) is 0.429. The lowest BCUT2D eigenvalue weighted by Gasteiger charge is -2.41. The summed E-state index contributed by atoms with van der Waals surface area (Å²) >= 11 is 0. The van der Waals surface area contributed by atoms with Crippen LogP contribution in [0.1, 0.15) is 53.1 Å². The van der Waals surface area contributed by atoms with Crippen LogP contribution in [0.2, 0.25) is 0 Å². The van der Waals surface area contributed by atoms with Crippen LogP contribution >= 0.6 is 0 Å². The average molecular weight is 516 g/mol. The molecule has 0 spiro atoms. The number of piperidine rings is 1. The van der Waals surface area contributed by atoms with E-state index in [0.717, 1.165) is 63.3 Å². The molecule has 1 aromatic carbocycles. The number of aryl methyl sites for hydroxylation is 1. The fourth-order valence-electron chi connectivity index (χ4n) is 5.53. The molecule has 2 saturated heterocycles. The van der Waals surface area contributed by atoms with Crippen molar-refractivity contribution < 1.29 is 13.9 Å². The molecule has 10 heteroatoms. The lowest BCUT2D eigenvalue weighted by atomic mass is 9.89. The number of amides is 1. The lowest BCUT2D eigenvalue weighted by molar-refractivity contribution is -0.0712. The molecule has 38 heavy (non-hydrogen) atoms. The highest BCUT2D eigenvalue weighted by Crippen LogP contribution is 2.31. The molecule has 7 rings (SSSR count). The number of imidazole rings is 1. The van der Waals surface area contributed by atoms with E-state index < -0.39 is 11.7 Å². The minimum atomic E-state index is -0.536. The Labute approximate surface area is 219 Å². The molecule has 0 atom stereocenters. The van der Waals surface area contributed by atoms with Gasteiger partial charge in [0.05, 0.1) is 48.6 Å². The molecule has 3 aliphatic rings. The normalized spacial score (nSPS) is 19.1. The molecule has 4 aromatic rings. The number of nitrogens with zero attached hydrogens (tertiary/aromatic N) is 6. The van der Waals surface area contributed by atoms with Crippen molar-refractivity contribution in [2.24, 2.45) is 0 Å². The number of halogens is 1. The van der Waals surface area contributed by atoms with Crippen molar-refractivity contribution in [3.8, 4) is 17.1 Å². The number of hydrogen-bond acceptors (Lipinski definition) is 6. The molecule has 0 bridgehead atoms. The largest absolute Gasteiger partial charge is 0.378 e. The average Bonchev–Trinajstić information content (AvgIpc) is 3.39. The number of ether oxygens (including phenoxy) is 1. The van der Waals surface area contributed by atoms with Gasteiger partial charge in [0.2, 0.25) is 0 Å². The SMILES string of the molecule is Cc1cc(F)c(C(=O)NC2CC2)cc1-n1cc(-c2cnc3ccc(C4CCN(C5COC5)CC4)cn23)nn1. The van der Waals surface area contributed by atoms with Crippen LogP contribution in [-0.2, 0) is 4.74 Å². The van der Waals surface area contributed by atoms with E-state index in [0.29, 0.717) is 28.9 Å². The van der Waals surface area contributed by atoms with Crippen molar-refractivity contribution in [3.05, 3.63) is 65.4 Å². The van der Waals surface area contributed by atoms with Crippen LogP contribution in [0.3, 0.4) is 0 Å². The van der Waals surface area contributed by atoms with Crippen molar-refractivity contribution in [3.63, 3.8) is 0 Å². The third-order valence-electron chi connectivity index (χ3n) is 8.11. The molecule has 1 saturated carbocycles. The Balaban J connectivity index is 1.15. The predicted molar refractivity (Wildman–Crippen MR) is 139 cm³/mol. The number of aromatic nitrogens is 5. The molecule has 1 amide bonds. The first-order valence-corrected chi connectivity index (χ1v) is 13.4. The number of pyridine rings is 1. The van der Waals surface area contributed by atoms with Gasteiger partial charge < -0.3 is 10.1 Å². The van der Waals surface area contributed by atoms with Crippen LogP contribution in [0.4, 0.5) is 4.39 Å². The van der Waals surface area contributed by atoms with Crippen LogP contribution in [-0.4, -0.2) is 73.6 Å². The van der Waals surface area contributed by atoms with Gasteiger partial charge in [-0.1, -0.05) is 11.3 Å². The van der Waals surface area contributed by atoms with Crippen LogP contribution in [0, 0.1) is 12.7 Å². The predicted octanol–water partition coefficient (Wildman–Crippen LogP) is 3.50. The third-order valence-corrected chi connectivity index (χ3v) is 8.11. The number of hydrogen-bond donors (Lipinski definition) is 1. The maximum absolute atomic E-state index is 14.6. The van der Waals surface area contributed by atoms with Gasteiger partial charge in [-0.15, -0.1) is 5.10 Å². The van der Waals surface area contributed by atoms with Gasteiger partial charge in [0.15, 0.2) is 0 Å². The van der Waals surface area contributed by atoms with E-state index in [1.807, 2.05) is 0 Å². The van der Waals surface area contributed by atoms with Crippen molar-refractivity contribution in [1.29, 1.82) is 0 Å². The topological polar surface area (TPSA) is 89.6 Å². The van der Waals surface area contributed by atoms with Gasteiger partial charge in [-0.05, 0) is 80.9 Å². The summed E-state index contributed by atoms with van der Waals surface area (Å²) in [4.78, 5) is 19.7. The smallest absolute Gasteiger partial charge is 0.254 e. The number of carbonyl (C=O) groups is 1. The summed E-state index contributed by atoms with van der Waals surface area (Å²) in [6, 6.07) is 7.91. The Morgan fingerprint density at radius 2 is 1.92 bits per heavy atom. The fourth-order valence-corrected chi connectivity index (χ4v) is 5.53. The van der Waals surface area contributed by atoms with Gasteiger partial charge in [0.25, 0.3) is 5.91 Å². The maximum atomic E-state index is 14.6. The second kappa shape index (κ2) is 9.28. The van der Waals surface area contributed by atoms with E-state index >= 15 is 0 Å². The molecule has 2 aliphatic heterocycles. The Kier molecular flexibility index (Phi) is 5.74. The molecule has 3 aromatic heterocycles. The first-order chi connectivity index (χ1) is 18.5. The van der Waals surface area contributed by atoms with E-state index in [4.69, 9.17) is 4.74 Å². The minimum Gasteiger partial charge on any atom is -0.378 e. The number of likely N-dealkylation sites (tertiary alicyclic amines) is 1. The Morgan fingerprint density at radius 3 is 2.66 bits per heavy atom. The van der Waals surface area contributed by atoms with E-state index in [1.54, 1.807) is 30.1 Å². The van der Waals surface area contributed by atoms with E-state index in [-0.39, 0.29) is 11.6 Å². The van der Waals surface area contributed by atoms with Gasteiger partial charge >= 0.3 is 0 Å². The quantitative estimate of drug-likeness (QED) is 0.423. The third kappa shape index (κ3) is 4.27. The molecule has 0 unspecified atom stereocenters. The van der Waals surface area contributed by atoms with E-state index in [1.165, 1.54) is 11.6 Å². The Bertz CT molecular complexity index is 1510. The van der Waals surface area contributed by atoms with Gasteiger partial charge in [0, 0.05) is 12.2 Å². The molecule has 1 N–H and O–H groups in total. The highest BCUT2D eigenvalue weighted by molar-refractivity contribution is 5.95. The number of carbonyl (C=O) groups excluding carboxylic acids is 1. The van der Waals surface area contributed by atoms with Gasteiger partial charge in [0.1, 0.15) is 17.2 Å². The molecule has 5 heterocycles. The second-order valence-electron chi connectivity index (χ2n) is 10.8. The van der Waals surface area contributed by atoms with Gasteiger partial charge in [-0.2, -0.15) is 0 Å². The second-order valence-corrected chi connectivity index (χ2v) is 10.8. The molecule has 0 radical (unpaired) electrons. The van der Waals surface area contributed by atoms with Gasteiger partial charge in [-0.3, -0.25) is 14.1 Å². The van der Waals surface area contributed by atoms with Crippen molar-refractivity contribution in [1.82, 2.24) is 34.6 Å². The molecular formula is C28H30FN7O2. The van der Waals surface area contributed by atoms with Crippen molar-refractivity contribution >= 4 is 11.6 Å². The van der Waals surface area contributed by atoms with Crippen LogP contribution in [0.15, 0.2) is 42.9 Å². The number of benzene rings is 1. The zero-order chi connectivity index (χ0) is 25.8. The number of rotatable bonds is 6. The summed E-state index contributed by atoms with van der Waals surface area (Å²) < 4.78 is 23.7.